The highest BCUT2D eigenvalue weighted by Gasteiger charge is 2.44. The van der Waals surface area contributed by atoms with Crippen LogP contribution in [0.1, 0.15) is 138 Å². The van der Waals surface area contributed by atoms with Gasteiger partial charge in [0.15, 0.2) is 0 Å². The number of carbonyl (C=O) groups is 4. The SMILES string of the molecule is CC[C@H](C(C)C)[C@@H](C(=O)N1CCCC1c1ncc(-c2ccc(-c3ccc(-c4cnc([C@@H]5CCCN5C(=O)[C@H]([C@@H](C)CC)N(C)C(=O)OC(C)(C)C)[nH]4)cc3)cc2)[nH]1)N(C)C(=O)OC(C)(C)C. The lowest BCUT2D eigenvalue weighted by Gasteiger charge is -2.39. The molecule has 14 nitrogen and oxygen atoms in total. The predicted octanol–water partition coefficient (Wildman–Crippen LogP) is 10.7. The molecule has 2 aliphatic heterocycles. The van der Waals surface area contributed by atoms with Gasteiger partial charge >= 0.3 is 12.2 Å². The molecule has 2 aliphatic rings. The highest BCUT2D eigenvalue weighted by Crippen LogP contribution is 2.37. The average Bonchev–Trinajstić information content (AvgIpc) is 4.11. The third-order valence-corrected chi connectivity index (χ3v) is 13.2. The van der Waals surface area contributed by atoms with Gasteiger partial charge in [0.25, 0.3) is 0 Å². The Kier molecular flexibility index (Phi) is 15.4. The second-order valence-corrected chi connectivity index (χ2v) is 20.7. The number of aromatic amines is 2. The van der Waals surface area contributed by atoms with Crippen LogP contribution in [0.25, 0.3) is 33.6 Å². The van der Waals surface area contributed by atoms with Crippen LogP contribution in [0.2, 0.25) is 0 Å². The fourth-order valence-electron chi connectivity index (χ4n) is 9.56. The maximum Gasteiger partial charge on any atom is 0.410 e. The van der Waals surface area contributed by atoms with Crippen molar-refractivity contribution in [3.8, 4) is 33.6 Å². The second kappa shape index (κ2) is 20.5. The largest absolute Gasteiger partial charge is 0.444 e. The molecule has 2 saturated heterocycles. The number of likely N-dealkylation sites (tertiary alicyclic amines) is 2. The molecular weight excluding hydrogens is 833 g/mol. The third kappa shape index (κ3) is 11.3. The molecule has 2 N–H and O–H groups in total. The number of hydrogen-bond acceptors (Lipinski definition) is 8. The molecule has 4 heterocycles. The van der Waals surface area contributed by atoms with Gasteiger partial charge in [0.2, 0.25) is 11.8 Å². The minimum Gasteiger partial charge on any atom is -0.444 e. The van der Waals surface area contributed by atoms with Crippen LogP contribution in [0.5, 0.6) is 0 Å². The quantitative estimate of drug-likeness (QED) is 0.127. The van der Waals surface area contributed by atoms with Crippen LogP contribution in [0.3, 0.4) is 0 Å². The van der Waals surface area contributed by atoms with Crippen molar-refractivity contribution in [1.82, 2.24) is 39.5 Å². The van der Waals surface area contributed by atoms with E-state index >= 15 is 0 Å². The van der Waals surface area contributed by atoms with Crippen molar-refractivity contribution in [3.05, 3.63) is 72.6 Å². The number of carbonyl (C=O) groups excluding carboxylic acids is 4. The Labute approximate surface area is 392 Å². The summed E-state index contributed by atoms with van der Waals surface area (Å²) in [5.41, 5.74) is 4.47. The number of rotatable bonds is 14. The molecule has 0 bridgehead atoms. The van der Waals surface area contributed by atoms with Crippen molar-refractivity contribution < 1.29 is 28.7 Å². The predicted molar refractivity (Wildman–Crippen MR) is 258 cm³/mol. The van der Waals surface area contributed by atoms with Crippen LogP contribution in [0.4, 0.5) is 9.59 Å². The van der Waals surface area contributed by atoms with E-state index in [1.165, 1.54) is 9.80 Å². The van der Waals surface area contributed by atoms with Gasteiger partial charge in [-0.25, -0.2) is 19.6 Å². The Balaban J connectivity index is 1.13. The van der Waals surface area contributed by atoms with Crippen molar-refractivity contribution >= 4 is 24.0 Å². The van der Waals surface area contributed by atoms with E-state index in [0.717, 1.165) is 83.8 Å². The van der Waals surface area contributed by atoms with E-state index in [2.05, 4.69) is 79.3 Å². The van der Waals surface area contributed by atoms with Crippen molar-refractivity contribution in [2.45, 2.75) is 150 Å². The minimum atomic E-state index is -0.678. The minimum absolute atomic E-state index is 0.0427. The first-order valence-electron chi connectivity index (χ1n) is 24.0. The zero-order chi connectivity index (χ0) is 48.2. The maximum atomic E-state index is 14.5. The van der Waals surface area contributed by atoms with E-state index in [9.17, 15) is 19.2 Å². The van der Waals surface area contributed by atoms with Crippen LogP contribution in [0.15, 0.2) is 60.9 Å². The molecule has 0 saturated carbocycles. The normalized spacial score (nSPS) is 18.5. The van der Waals surface area contributed by atoms with Crippen LogP contribution >= 0.6 is 0 Å². The van der Waals surface area contributed by atoms with Gasteiger partial charge in [0, 0.05) is 27.2 Å². The summed E-state index contributed by atoms with van der Waals surface area (Å²) in [6.45, 7) is 22.5. The molecular formula is C52H74N8O6. The molecule has 2 fully saturated rings. The number of likely N-dealkylation sites (N-methyl/N-ethyl adjacent to an activating group) is 2. The highest BCUT2D eigenvalue weighted by molar-refractivity contribution is 5.87. The van der Waals surface area contributed by atoms with E-state index in [-0.39, 0.29) is 41.7 Å². The number of ether oxygens (including phenoxy) is 2. The maximum absolute atomic E-state index is 14.5. The summed E-state index contributed by atoms with van der Waals surface area (Å²) in [4.78, 5) is 78.5. The Bertz CT molecular complexity index is 2290. The Morgan fingerprint density at radius 1 is 0.636 bits per heavy atom. The molecule has 2 aromatic carbocycles. The number of amides is 4. The fraction of sp³-hybridized carbons (Fsp3) is 0.577. The first-order valence-corrected chi connectivity index (χ1v) is 24.0. The fourth-order valence-corrected chi connectivity index (χ4v) is 9.56. The van der Waals surface area contributed by atoms with Gasteiger partial charge in [0.05, 0.1) is 35.9 Å². The van der Waals surface area contributed by atoms with E-state index in [1.54, 1.807) is 14.1 Å². The third-order valence-electron chi connectivity index (χ3n) is 13.2. The molecule has 358 valence electrons. The summed E-state index contributed by atoms with van der Waals surface area (Å²) in [5, 5.41) is 0. The van der Waals surface area contributed by atoms with Gasteiger partial charge < -0.3 is 29.2 Å². The van der Waals surface area contributed by atoms with Crippen LogP contribution < -0.4 is 0 Å². The zero-order valence-electron chi connectivity index (χ0n) is 41.6. The summed E-state index contributed by atoms with van der Waals surface area (Å²) in [5.74, 6) is 1.39. The topological polar surface area (TPSA) is 157 Å². The number of nitrogens with zero attached hydrogens (tertiary/aromatic N) is 6. The molecule has 6 atom stereocenters. The lowest BCUT2D eigenvalue weighted by Crippen LogP contribution is -2.54. The van der Waals surface area contributed by atoms with Crippen LogP contribution in [-0.4, -0.2) is 114 Å². The summed E-state index contributed by atoms with van der Waals surface area (Å²) in [6.07, 6.45) is 7.40. The van der Waals surface area contributed by atoms with E-state index in [4.69, 9.17) is 19.4 Å². The molecule has 66 heavy (non-hydrogen) atoms. The van der Waals surface area contributed by atoms with Gasteiger partial charge in [-0.15, -0.1) is 0 Å². The monoisotopic (exact) mass is 907 g/mol. The second-order valence-electron chi connectivity index (χ2n) is 20.7. The summed E-state index contributed by atoms with van der Waals surface area (Å²) in [6, 6.07) is 14.9. The molecule has 1 unspecified atom stereocenters. The summed E-state index contributed by atoms with van der Waals surface area (Å²) >= 11 is 0. The molecule has 2 aromatic heterocycles. The standard InChI is InChI=1S/C52H74N8O6/c1-14-33(5)43(57(12)49(63)65-51(6,7)8)47(61)59-28-16-18-41(59)45-53-30-39(55-45)36-24-20-34(21-25-36)35-22-26-37(27-23-35)40-31-54-46(56-40)42-19-17-29-60(42)48(62)44(38(15-2)32(3)4)58(13)50(64)66-52(9,10)11/h20-27,30-33,38,41-44H,14-19,28-29H2,1-13H3,(H,53,55)(H,54,56)/t33-,38+,41-,42?,43-,44-/m0/s1. The summed E-state index contributed by atoms with van der Waals surface area (Å²) in [7, 11) is 3.34. The molecule has 4 amide bonds. The van der Waals surface area contributed by atoms with Gasteiger partial charge in [-0.3, -0.25) is 19.4 Å². The van der Waals surface area contributed by atoms with Crippen LogP contribution in [0, 0.1) is 17.8 Å². The Morgan fingerprint density at radius 2 is 1.02 bits per heavy atom. The molecule has 4 aromatic rings. The smallest absolute Gasteiger partial charge is 0.410 e. The number of benzene rings is 2. The van der Waals surface area contributed by atoms with E-state index in [1.807, 2.05) is 77.6 Å². The number of nitrogens with one attached hydrogen (secondary N) is 2. The van der Waals surface area contributed by atoms with Crippen molar-refractivity contribution in [3.63, 3.8) is 0 Å². The van der Waals surface area contributed by atoms with Crippen LogP contribution in [-0.2, 0) is 19.1 Å². The number of imidazole rings is 2. The van der Waals surface area contributed by atoms with Gasteiger partial charge in [-0.2, -0.15) is 0 Å². The molecule has 0 spiro atoms. The highest BCUT2D eigenvalue weighted by atomic mass is 16.6. The summed E-state index contributed by atoms with van der Waals surface area (Å²) < 4.78 is 11.4. The Hall–Kier alpha value is -5.66. The number of H-pyrrole nitrogens is 2. The van der Waals surface area contributed by atoms with Crippen molar-refractivity contribution in [2.75, 3.05) is 27.2 Å². The molecule has 0 aliphatic carbocycles. The Morgan fingerprint density at radius 3 is 1.38 bits per heavy atom. The lowest BCUT2D eigenvalue weighted by molar-refractivity contribution is -0.140. The first-order chi connectivity index (χ1) is 31.1. The number of hydrogen-bond donors (Lipinski definition) is 2. The van der Waals surface area contributed by atoms with Crippen molar-refractivity contribution in [1.29, 1.82) is 0 Å². The van der Waals surface area contributed by atoms with Gasteiger partial charge in [0.1, 0.15) is 34.9 Å². The van der Waals surface area contributed by atoms with Gasteiger partial charge in [-0.05, 0) is 107 Å². The zero-order valence-corrected chi connectivity index (χ0v) is 41.6. The van der Waals surface area contributed by atoms with E-state index < -0.39 is 35.5 Å². The molecule has 14 heteroatoms. The number of aromatic nitrogens is 4. The van der Waals surface area contributed by atoms with E-state index in [0.29, 0.717) is 13.1 Å². The average molecular weight is 907 g/mol. The molecule has 6 rings (SSSR count). The van der Waals surface area contributed by atoms with Crippen molar-refractivity contribution in [2.24, 2.45) is 17.8 Å². The first kappa shape index (κ1) is 49.8. The van der Waals surface area contributed by atoms with Gasteiger partial charge in [-0.1, -0.05) is 96.0 Å². The molecule has 0 radical (unpaired) electrons. The lowest BCUT2D eigenvalue weighted by atomic mass is 9.84.